The van der Waals surface area contributed by atoms with E-state index in [0.29, 0.717) is 37.8 Å². The summed E-state index contributed by atoms with van der Waals surface area (Å²) in [5, 5.41) is 41.3. The van der Waals surface area contributed by atoms with Gasteiger partial charge in [-0.25, -0.2) is 0 Å². The van der Waals surface area contributed by atoms with Crippen molar-refractivity contribution in [2.75, 3.05) is 7.05 Å². The standard InChI is InChI=1S/3C13H17NO2.C11H21NO.C11H15NO.3C5H10O/c3*1-8(2)13(16)14-12-10-6-4-3-5-9(10)7-11(12)15;1-9(2)11(13)12(3)10-7-5-4-6-8-10;1-9(2)11(13)12-8-10-6-4-3-5-7-10;3*1-4(2)5(3)6/h3*3-6,8,11-12,15H,7H2,1-2H3,(H,14,16);9-10H,4-8H2,1-3H3;3-7,9H,8H2,1-2H3,(H,12,13);3*4H,1-3H3/t2*11-,12+;;;;;;/m10....../s1. The van der Waals surface area contributed by atoms with Crippen molar-refractivity contribution in [1.29, 1.82) is 0 Å². The SMILES string of the molecule is CC(=O)C(C)C.CC(=O)C(C)C.CC(=O)C(C)C.CC(C)C(=O)N(C)C1CCCCC1.CC(C)C(=O)NC1c2ccccc2CC1O.CC(C)C(=O)NCc1ccccc1.CC(C)C(=O)N[C@@H]1c2ccccc2C[C@@H]1O.CC(C)C(=O)N[C@H]1c2ccccc2C[C@H]1O. The van der Waals surface area contributed by atoms with E-state index in [-0.39, 0.29) is 106 Å². The van der Waals surface area contributed by atoms with Crippen LogP contribution in [0.1, 0.15) is 221 Å². The first-order valence-electron chi connectivity index (χ1n) is 33.3. The molecule has 5 amide bonds. The summed E-state index contributed by atoms with van der Waals surface area (Å²) in [7, 11) is 1.96. The van der Waals surface area contributed by atoms with Gasteiger partial charge in [0.05, 0.1) is 36.4 Å². The first-order valence-corrected chi connectivity index (χ1v) is 33.3. The molecule has 0 saturated heterocycles. The molecule has 4 aromatic rings. The van der Waals surface area contributed by atoms with Crippen molar-refractivity contribution < 1.29 is 53.7 Å². The van der Waals surface area contributed by atoms with Gasteiger partial charge < -0.3 is 41.5 Å². The molecule has 1 saturated carbocycles. The minimum Gasteiger partial charge on any atom is -0.390 e. The molecule has 0 spiro atoms. The monoisotopic (exact) mass is 1280 g/mol. The fourth-order valence-corrected chi connectivity index (χ4v) is 9.25. The van der Waals surface area contributed by atoms with Gasteiger partial charge in [0.2, 0.25) is 29.5 Å². The Hall–Kier alpha value is -6.88. The summed E-state index contributed by atoms with van der Waals surface area (Å²) in [5.74, 6) is 1.81. The second-order valence-electron chi connectivity index (χ2n) is 26.9. The number of nitrogens with zero attached hydrogens (tertiary/aromatic N) is 1. The first-order chi connectivity index (χ1) is 43.0. The lowest BCUT2D eigenvalue weighted by atomic mass is 9.94. The second kappa shape index (κ2) is 43.1. The third-order valence-corrected chi connectivity index (χ3v) is 16.3. The Kier molecular flexibility index (Phi) is 38.9. The summed E-state index contributed by atoms with van der Waals surface area (Å²) in [5.41, 5.74) is 7.66. The van der Waals surface area contributed by atoms with E-state index in [4.69, 9.17) is 0 Å². The molecule has 0 radical (unpaired) electrons. The Labute approximate surface area is 552 Å². The molecule has 16 nitrogen and oxygen atoms in total. The van der Waals surface area contributed by atoms with E-state index in [1.165, 1.54) is 32.1 Å². The lowest BCUT2D eigenvalue weighted by Crippen LogP contribution is -2.40. The molecule has 16 heteroatoms. The third-order valence-electron chi connectivity index (χ3n) is 16.3. The summed E-state index contributed by atoms with van der Waals surface area (Å²) in [6, 6.07) is 33.3. The predicted octanol–water partition coefficient (Wildman–Crippen LogP) is 12.3. The van der Waals surface area contributed by atoms with E-state index in [9.17, 15) is 53.7 Å². The summed E-state index contributed by atoms with van der Waals surface area (Å²) in [6.45, 7) is 35.6. The molecule has 0 heterocycles. The maximum atomic E-state index is 11.7. The van der Waals surface area contributed by atoms with E-state index in [0.717, 1.165) is 38.9 Å². The van der Waals surface area contributed by atoms with Crippen LogP contribution in [0.4, 0.5) is 0 Å². The number of aliphatic hydroxyl groups excluding tert-OH is 3. The number of Topliss-reactive ketones (excluding diaryl/α,β-unsaturated/α-hetero) is 3. The predicted molar refractivity (Wildman–Crippen MR) is 370 cm³/mol. The van der Waals surface area contributed by atoms with Gasteiger partial charge in [0.1, 0.15) is 17.3 Å². The average molecular weight is 1280 g/mol. The van der Waals surface area contributed by atoms with E-state index < -0.39 is 18.3 Å². The van der Waals surface area contributed by atoms with Crippen LogP contribution in [-0.2, 0) is 64.2 Å². The Morgan fingerprint density at radius 1 is 0.391 bits per heavy atom. The van der Waals surface area contributed by atoms with E-state index in [2.05, 4.69) is 21.3 Å². The van der Waals surface area contributed by atoms with Crippen LogP contribution in [-0.4, -0.2) is 98.5 Å². The maximum Gasteiger partial charge on any atom is 0.225 e. The van der Waals surface area contributed by atoms with Crippen LogP contribution in [0.5, 0.6) is 0 Å². The molecular formula is C76H117N5O11. The van der Waals surface area contributed by atoms with E-state index >= 15 is 0 Å². The number of aliphatic hydroxyl groups is 3. The molecular weight excluding hydrogens is 1160 g/mol. The number of hydrogen-bond donors (Lipinski definition) is 7. The van der Waals surface area contributed by atoms with Crippen LogP contribution < -0.4 is 21.3 Å². The number of carbonyl (C=O) groups is 8. The molecule has 1 fully saturated rings. The number of carbonyl (C=O) groups excluding carboxylic acids is 8. The molecule has 92 heavy (non-hydrogen) atoms. The Balaban J connectivity index is 0.000000540. The molecule has 0 aliphatic heterocycles. The van der Waals surface area contributed by atoms with Crippen LogP contribution >= 0.6 is 0 Å². The number of benzene rings is 4. The Morgan fingerprint density at radius 2 is 0.663 bits per heavy atom. The van der Waals surface area contributed by atoms with Gasteiger partial charge in [-0.05, 0) is 72.6 Å². The number of nitrogens with one attached hydrogen (secondary N) is 4. The van der Waals surface area contributed by atoms with Crippen molar-refractivity contribution in [3.8, 4) is 0 Å². The summed E-state index contributed by atoms with van der Waals surface area (Å²) in [6.07, 6.45) is 6.71. The lowest BCUT2D eigenvalue weighted by Gasteiger charge is -2.32. The average Bonchev–Trinajstić information content (AvgIpc) is 1.69. The van der Waals surface area contributed by atoms with E-state index in [1.807, 2.05) is 226 Å². The lowest BCUT2D eigenvalue weighted by molar-refractivity contribution is -0.136. The Morgan fingerprint density at radius 3 is 0.924 bits per heavy atom. The van der Waals surface area contributed by atoms with Gasteiger partial charge in [-0.15, -0.1) is 0 Å². The fourth-order valence-electron chi connectivity index (χ4n) is 9.25. The smallest absolute Gasteiger partial charge is 0.225 e. The van der Waals surface area contributed by atoms with Crippen LogP contribution in [0, 0.1) is 47.3 Å². The molecule has 6 atom stereocenters. The van der Waals surface area contributed by atoms with Crippen LogP contribution in [0.25, 0.3) is 0 Å². The van der Waals surface area contributed by atoms with Gasteiger partial charge in [0.15, 0.2) is 0 Å². The van der Waals surface area contributed by atoms with Crippen LogP contribution in [0.15, 0.2) is 103 Å². The highest BCUT2D eigenvalue weighted by molar-refractivity contribution is 5.81. The molecule has 0 bridgehead atoms. The molecule has 4 aliphatic rings. The van der Waals surface area contributed by atoms with Gasteiger partial charge in [0, 0.05) is 86.2 Å². The molecule has 2 unspecified atom stereocenters. The van der Waals surface area contributed by atoms with Crippen molar-refractivity contribution in [1.82, 2.24) is 26.2 Å². The highest BCUT2D eigenvalue weighted by Gasteiger charge is 2.35. The summed E-state index contributed by atoms with van der Waals surface area (Å²) >= 11 is 0. The largest absolute Gasteiger partial charge is 0.390 e. The summed E-state index contributed by atoms with van der Waals surface area (Å²) in [4.78, 5) is 90.2. The van der Waals surface area contributed by atoms with Gasteiger partial charge in [-0.1, -0.05) is 233 Å². The molecule has 512 valence electrons. The number of fused-ring (bicyclic) bond motifs is 3. The quantitative estimate of drug-likeness (QED) is 0.0625. The van der Waals surface area contributed by atoms with E-state index in [1.54, 1.807) is 20.8 Å². The number of ketones is 3. The fraction of sp³-hybridized carbons (Fsp3) is 0.579. The third kappa shape index (κ3) is 30.7. The number of hydrogen-bond acceptors (Lipinski definition) is 11. The molecule has 4 aliphatic carbocycles. The summed E-state index contributed by atoms with van der Waals surface area (Å²) < 4.78 is 0. The molecule has 7 N–H and O–H groups in total. The van der Waals surface area contributed by atoms with Crippen molar-refractivity contribution in [3.05, 3.63) is 142 Å². The van der Waals surface area contributed by atoms with Gasteiger partial charge in [0.25, 0.3) is 0 Å². The zero-order chi connectivity index (χ0) is 70.1. The topological polar surface area (TPSA) is 249 Å². The normalized spacial score (nSPS) is 18.1. The van der Waals surface area contributed by atoms with Crippen LogP contribution in [0.3, 0.4) is 0 Å². The first kappa shape index (κ1) is 83.1. The maximum absolute atomic E-state index is 11.7. The highest BCUT2D eigenvalue weighted by Crippen LogP contribution is 2.34. The van der Waals surface area contributed by atoms with Gasteiger partial charge in [-0.2, -0.15) is 0 Å². The van der Waals surface area contributed by atoms with Crippen molar-refractivity contribution in [2.24, 2.45) is 47.3 Å². The highest BCUT2D eigenvalue weighted by atomic mass is 16.3. The Bertz CT molecular complexity index is 2650. The van der Waals surface area contributed by atoms with Gasteiger partial charge >= 0.3 is 0 Å². The molecule has 8 rings (SSSR count). The van der Waals surface area contributed by atoms with Crippen molar-refractivity contribution >= 4 is 46.9 Å². The minimum atomic E-state index is -0.500. The second-order valence-corrected chi connectivity index (χ2v) is 26.9. The number of amides is 5. The van der Waals surface area contributed by atoms with Gasteiger partial charge in [-0.3, -0.25) is 38.4 Å². The van der Waals surface area contributed by atoms with Crippen molar-refractivity contribution in [2.45, 2.75) is 232 Å². The zero-order valence-electron chi connectivity index (χ0n) is 59.4. The number of rotatable bonds is 14. The van der Waals surface area contributed by atoms with Crippen LogP contribution in [0.2, 0.25) is 0 Å². The molecule has 0 aromatic heterocycles. The zero-order valence-corrected chi connectivity index (χ0v) is 59.4. The minimum absolute atomic E-state index is 0.0132. The van der Waals surface area contributed by atoms with Crippen molar-refractivity contribution in [3.63, 3.8) is 0 Å². The molecule has 4 aromatic carbocycles.